The van der Waals surface area contributed by atoms with E-state index in [0.29, 0.717) is 28.6 Å². The number of carbonyl (C=O) groups excluding carboxylic acids is 1. The molecular weight excluding hydrogens is 459 g/mol. The molecule has 0 radical (unpaired) electrons. The number of fused-ring (bicyclic) bond motifs is 1. The summed E-state index contributed by atoms with van der Waals surface area (Å²) in [7, 11) is 0. The van der Waals surface area contributed by atoms with Crippen molar-refractivity contribution < 1.29 is 18.0 Å². The maximum Gasteiger partial charge on any atom is 0.435 e. The molecule has 9 heteroatoms. The zero-order valence-electron chi connectivity index (χ0n) is 17.5. The Kier molecular flexibility index (Phi) is 5.94. The van der Waals surface area contributed by atoms with Gasteiger partial charge in [0.2, 0.25) is 5.91 Å². The minimum Gasteiger partial charge on any atom is -0.331 e. The summed E-state index contributed by atoms with van der Waals surface area (Å²) < 4.78 is 43.3. The first-order valence-corrected chi connectivity index (χ1v) is 11.3. The first-order chi connectivity index (χ1) is 15.2. The molecule has 168 valence electrons. The van der Waals surface area contributed by atoms with Gasteiger partial charge in [0.1, 0.15) is 0 Å². The van der Waals surface area contributed by atoms with Gasteiger partial charge in [-0.25, -0.2) is 0 Å². The first kappa shape index (κ1) is 22.6. The number of amides is 1. The van der Waals surface area contributed by atoms with E-state index in [1.165, 1.54) is 28.3 Å². The summed E-state index contributed by atoms with van der Waals surface area (Å²) in [6.07, 6.45) is -1.90. The van der Waals surface area contributed by atoms with Crippen LogP contribution in [0.15, 0.2) is 49.2 Å². The lowest BCUT2D eigenvalue weighted by molar-refractivity contribution is -0.141. The van der Waals surface area contributed by atoms with E-state index >= 15 is 0 Å². The van der Waals surface area contributed by atoms with Gasteiger partial charge in [-0.3, -0.25) is 9.48 Å². The van der Waals surface area contributed by atoms with E-state index in [-0.39, 0.29) is 23.4 Å². The molecule has 0 saturated heterocycles. The number of carbonyl (C=O) groups is 1. The molecule has 0 bridgehead atoms. The minimum absolute atomic E-state index is 0.0260. The number of hydrogen-bond acceptors (Lipinski definition) is 3. The van der Waals surface area contributed by atoms with Crippen LogP contribution in [0.25, 0.3) is 11.1 Å². The van der Waals surface area contributed by atoms with Crippen LogP contribution in [0.2, 0.25) is 4.34 Å². The lowest BCUT2D eigenvalue weighted by Gasteiger charge is -2.38. The van der Waals surface area contributed by atoms with Crippen molar-refractivity contribution in [3.63, 3.8) is 0 Å². The summed E-state index contributed by atoms with van der Waals surface area (Å²) >= 11 is 7.71. The fourth-order valence-corrected chi connectivity index (χ4v) is 5.66. The monoisotopic (exact) mass is 479 g/mol. The minimum atomic E-state index is -4.59. The van der Waals surface area contributed by atoms with Crippen molar-refractivity contribution in [2.75, 3.05) is 6.54 Å². The van der Waals surface area contributed by atoms with Crippen molar-refractivity contribution in [2.45, 2.75) is 38.5 Å². The van der Waals surface area contributed by atoms with E-state index < -0.39 is 11.9 Å². The molecule has 1 aliphatic rings. The third kappa shape index (κ3) is 3.86. The zero-order chi connectivity index (χ0) is 23.2. The van der Waals surface area contributed by atoms with E-state index in [4.69, 9.17) is 11.6 Å². The van der Waals surface area contributed by atoms with E-state index in [0.717, 1.165) is 10.4 Å². The Hall–Kier alpha value is -2.58. The molecule has 0 spiro atoms. The summed E-state index contributed by atoms with van der Waals surface area (Å²) in [4.78, 5) is 15.2. The Bertz CT molecular complexity index is 1180. The second-order valence-corrected chi connectivity index (χ2v) is 9.34. The Morgan fingerprint density at radius 2 is 2.03 bits per heavy atom. The van der Waals surface area contributed by atoms with Gasteiger partial charge < -0.3 is 4.90 Å². The number of alkyl halides is 3. The second kappa shape index (κ2) is 8.41. The molecule has 2 unspecified atom stereocenters. The topological polar surface area (TPSA) is 38.1 Å². The normalized spacial score (nSPS) is 18.5. The summed E-state index contributed by atoms with van der Waals surface area (Å²) in [5, 5.41) is 3.77. The SMILES string of the molecule is C=CC(=O)N1CC(c2ccccc2-c2cn(CC)nc2C(F)(F)F)c2cc(Cl)sc2C1C. The lowest BCUT2D eigenvalue weighted by atomic mass is 9.82. The number of halogens is 4. The smallest absolute Gasteiger partial charge is 0.331 e. The van der Waals surface area contributed by atoms with Gasteiger partial charge in [0, 0.05) is 35.6 Å². The number of rotatable bonds is 4. The highest BCUT2D eigenvalue weighted by Crippen LogP contribution is 2.48. The highest BCUT2D eigenvalue weighted by atomic mass is 35.5. The molecule has 0 saturated carbocycles. The van der Waals surface area contributed by atoms with Gasteiger partial charge in [-0.2, -0.15) is 18.3 Å². The van der Waals surface area contributed by atoms with Gasteiger partial charge in [0.25, 0.3) is 0 Å². The van der Waals surface area contributed by atoms with Crippen LogP contribution in [-0.2, 0) is 17.5 Å². The Morgan fingerprint density at radius 3 is 2.69 bits per heavy atom. The highest BCUT2D eigenvalue weighted by Gasteiger charge is 2.40. The quantitative estimate of drug-likeness (QED) is 0.399. The average molecular weight is 480 g/mol. The van der Waals surface area contributed by atoms with Gasteiger partial charge in [-0.15, -0.1) is 11.3 Å². The highest BCUT2D eigenvalue weighted by molar-refractivity contribution is 7.16. The van der Waals surface area contributed by atoms with Crippen molar-refractivity contribution in [3.8, 4) is 11.1 Å². The summed E-state index contributed by atoms with van der Waals surface area (Å²) in [6.45, 7) is 7.88. The van der Waals surface area contributed by atoms with Crippen LogP contribution in [-0.4, -0.2) is 27.1 Å². The molecule has 4 nitrogen and oxygen atoms in total. The molecule has 4 rings (SSSR count). The average Bonchev–Trinajstić information content (AvgIpc) is 3.37. The maximum absolute atomic E-state index is 13.8. The molecule has 0 aliphatic carbocycles. The lowest BCUT2D eigenvalue weighted by Crippen LogP contribution is -2.39. The van der Waals surface area contributed by atoms with Gasteiger partial charge in [-0.1, -0.05) is 42.4 Å². The molecule has 3 heterocycles. The van der Waals surface area contributed by atoms with Crippen LogP contribution in [0, 0.1) is 0 Å². The van der Waals surface area contributed by atoms with Crippen LogP contribution in [0.1, 0.15) is 47.5 Å². The van der Waals surface area contributed by atoms with Gasteiger partial charge >= 0.3 is 6.18 Å². The maximum atomic E-state index is 13.8. The van der Waals surface area contributed by atoms with Gasteiger partial charge in [0.15, 0.2) is 5.69 Å². The molecule has 3 aromatic rings. The predicted octanol–water partition coefficient (Wildman–Crippen LogP) is 6.52. The number of aromatic nitrogens is 2. The van der Waals surface area contributed by atoms with E-state index in [1.54, 1.807) is 30.0 Å². The molecular formula is C23H21ClF3N3OS. The summed E-state index contributed by atoms with van der Waals surface area (Å²) in [6, 6.07) is 8.64. The zero-order valence-corrected chi connectivity index (χ0v) is 19.1. The largest absolute Gasteiger partial charge is 0.435 e. The molecule has 1 amide bonds. The van der Waals surface area contributed by atoms with Gasteiger partial charge in [-0.05, 0) is 42.7 Å². The number of nitrogens with zero attached hydrogens (tertiary/aromatic N) is 3. The molecule has 2 aromatic heterocycles. The van der Waals surface area contributed by atoms with Crippen molar-refractivity contribution in [1.82, 2.24) is 14.7 Å². The first-order valence-electron chi connectivity index (χ1n) is 10.1. The number of aryl methyl sites for hydroxylation is 1. The Morgan fingerprint density at radius 1 is 1.31 bits per heavy atom. The molecule has 0 N–H and O–H groups in total. The third-order valence-electron chi connectivity index (χ3n) is 5.80. The van der Waals surface area contributed by atoms with E-state index in [9.17, 15) is 18.0 Å². The molecule has 1 aliphatic heterocycles. The third-order valence-corrected chi connectivity index (χ3v) is 7.25. The van der Waals surface area contributed by atoms with Crippen molar-refractivity contribution in [1.29, 1.82) is 0 Å². The predicted molar refractivity (Wildman–Crippen MR) is 120 cm³/mol. The number of hydrogen-bond donors (Lipinski definition) is 0. The van der Waals surface area contributed by atoms with Crippen molar-refractivity contribution in [2.24, 2.45) is 0 Å². The Labute approximate surface area is 192 Å². The fraction of sp³-hybridized carbons (Fsp3) is 0.304. The van der Waals surface area contributed by atoms with Crippen molar-refractivity contribution in [3.05, 3.63) is 75.2 Å². The summed E-state index contributed by atoms with van der Waals surface area (Å²) in [5.41, 5.74) is 1.18. The molecule has 0 fully saturated rings. The van der Waals surface area contributed by atoms with Crippen LogP contribution < -0.4 is 0 Å². The Balaban J connectivity index is 1.92. The van der Waals surface area contributed by atoms with Gasteiger partial charge in [0.05, 0.1) is 10.4 Å². The van der Waals surface area contributed by atoms with Crippen LogP contribution in [0.5, 0.6) is 0 Å². The summed E-state index contributed by atoms with van der Waals surface area (Å²) in [5.74, 6) is -0.568. The van der Waals surface area contributed by atoms with E-state index in [2.05, 4.69) is 11.7 Å². The molecule has 2 atom stereocenters. The standard InChI is InChI=1S/C23H21ClF3N3OS/c1-4-20(31)30-12-17(16-10-19(24)32-21(16)13(30)3)14-8-6-7-9-15(14)18-11-29(5-2)28-22(18)23(25,26)27/h4,6-11,13,17H,1,5,12H2,2-3H3. The molecule has 32 heavy (non-hydrogen) atoms. The molecule has 1 aromatic carbocycles. The van der Waals surface area contributed by atoms with Crippen molar-refractivity contribution >= 4 is 28.8 Å². The van der Waals surface area contributed by atoms with Crippen LogP contribution in [0.3, 0.4) is 0 Å². The second-order valence-electron chi connectivity index (χ2n) is 7.63. The van der Waals surface area contributed by atoms with Crippen LogP contribution >= 0.6 is 22.9 Å². The number of benzene rings is 1. The number of thiophene rings is 1. The van der Waals surface area contributed by atoms with E-state index in [1.807, 2.05) is 19.1 Å². The fourth-order valence-electron chi connectivity index (χ4n) is 4.28. The van der Waals surface area contributed by atoms with Crippen LogP contribution in [0.4, 0.5) is 13.2 Å².